The number of nitrogens with zero attached hydrogens (tertiary/aromatic N) is 3. The molecule has 0 aromatic carbocycles. The molecule has 1 aromatic heterocycles. The van der Waals surface area contributed by atoms with Crippen molar-refractivity contribution in [3.8, 4) is 6.01 Å². The zero-order chi connectivity index (χ0) is 13.7. The van der Waals surface area contributed by atoms with Crippen LogP contribution in [0.4, 0.5) is 11.9 Å². The maximum atomic E-state index is 5.35. The van der Waals surface area contributed by atoms with Gasteiger partial charge >= 0.3 is 6.01 Å². The van der Waals surface area contributed by atoms with Crippen LogP contribution in [0.1, 0.15) is 39.5 Å². The van der Waals surface area contributed by atoms with E-state index in [0.717, 1.165) is 0 Å². The quantitative estimate of drug-likeness (QED) is 0.530. The number of rotatable bonds is 6. The average Bonchev–Trinajstić information content (AvgIpc) is 2.92. The Hall–Kier alpha value is -1.63. The summed E-state index contributed by atoms with van der Waals surface area (Å²) < 4.78 is 5.30. The number of hydrogen-bond acceptors (Lipinski definition) is 7. The monoisotopic (exact) mass is 266 g/mol. The topological polar surface area (TPSA) is 98.0 Å². The lowest BCUT2D eigenvalue weighted by atomic mass is 10.0. The van der Waals surface area contributed by atoms with E-state index in [1.807, 2.05) is 6.92 Å². The molecule has 1 aromatic rings. The smallest absolute Gasteiger partial charge is 0.323 e. The van der Waals surface area contributed by atoms with Gasteiger partial charge in [-0.15, -0.1) is 0 Å². The first-order valence-electron chi connectivity index (χ1n) is 6.85. The van der Waals surface area contributed by atoms with Crippen LogP contribution in [0, 0.1) is 5.92 Å². The fourth-order valence-corrected chi connectivity index (χ4v) is 2.46. The highest BCUT2D eigenvalue weighted by atomic mass is 16.5. The Balaban J connectivity index is 2.07. The van der Waals surface area contributed by atoms with Gasteiger partial charge in [-0.1, -0.05) is 12.8 Å². The SMILES string of the molecule is CCOc1nc(NN)nc(NC(C)C2CCCC2)n1. The van der Waals surface area contributed by atoms with Crippen molar-refractivity contribution in [3.63, 3.8) is 0 Å². The summed E-state index contributed by atoms with van der Waals surface area (Å²) >= 11 is 0. The predicted molar refractivity (Wildman–Crippen MR) is 73.8 cm³/mol. The molecule has 0 amide bonds. The van der Waals surface area contributed by atoms with E-state index in [2.05, 4.69) is 32.6 Å². The third-order valence-electron chi connectivity index (χ3n) is 3.48. The molecule has 1 saturated carbocycles. The summed E-state index contributed by atoms with van der Waals surface area (Å²) in [6.45, 7) is 4.55. The molecule has 0 aliphatic heterocycles. The van der Waals surface area contributed by atoms with Crippen LogP contribution in [0.25, 0.3) is 0 Å². The van der Waals surface area contributed by atoms with Crippen molar-refractivity contribution >= 4 is 11.9 Å². The van der Waals surface area contributed by atoms with Crippen LogP contribution in [0.2, 0.25) is 0 Å². The number of anilines is 2. The maximum absolute atomic E-state index is 5.35. The van der Waals surface area contributed by atoms with Gasteiger partial charge in [-0.25, -0.2) is 5.84 Å². The summed E-state index contributed by atoms with van der Waals surface area (Å²) in [5.41, 5.74) is 2.43. The van der Waals surface area contributed by atoms with Gasteiger partial charge < -0.3 is 10.1 Å². The van der Waals surface area contributed by atoms with Crippen molar-refractivity contribution in [2.24, 2.45) is 11.8 Å². The minimum absolute atomic E-state index is 0.284. The summed E-state index contributed by atoms with van der Waals surface area (Å²) in [7, 11) is 0. The molecule has 1 heterocycles. The van der Waals surface area contributed by atoms with Crippen molar-refractivity contribution in [3.05, 3.63) is 0 Å². The van der Waals surface area contributed by atoms with Gasteiger partial charge in [-0.05, 0) is 32.6 Å². The van der Waals surface area contributed by atoms with E-state index in [9.17, 15) is 0 Å². The second-order valence-electron chi connectivity index (χ2n) is 4.82. The second kappa shape index (κ2) is 6.51. The van der Waals surface area contributed by atoms with Crippen LogP contribution >= 0.6 is 0 Å². The van der Waals surface area contributed by atoms with Crippen molar-refractivity contribution in [1.82, 2.24) is 15.0 Å². The summed E-state index contributed by atoms with van der Waals surface area (Å²) in [5.74, 6) is 6.84. The molecule has 7 nitrogen and oxygen atoms in total. The lowest BCUT2D eigenvalue weighted by Gasteiger charge is -2.20. The number of nitrogens with one attached hydrogen (secondary N) is 2. The van der Waals surface area contributed by atoms with Crippen molar-refractivity contribution < 1.29 is 4.74 Å². The van der Waals surface area contributed by atoms with Crippen LogP contribution in [0.15, 0.2) is 0 Å². The summed E-state index contributed by atoms with van der Waals surface area (Å²) in [5, 5.41) is 3.32. The fourth-order valence-electron chi connectivity index (χ4n) is 2.46. The molecule has 4 N–H and O–H groups in total. The van der Waals surface area contributed by atoms with Crippen molar-refractivity contribution in [2.75, 3.05) is 17.3 Å². The number of ether oxygens (including phenoxy) is 1. The zero-order valence-corrected chi connectivity index (χ0v) is 11.5. The van der Waals surface area contributed by atoms with Gasteiger partial charge in [-0.2, -0.15) is 15.0 Å². The molecule has 19 heavy (non-hydrogen) atoms. The van der Waals surface area contributed by atoms with Crippen LogP contribution in [0.5, 0.6) is 6.01 Å². The summed E-state index contributed by atoms with van der Waals surface area (Å²) in [6.07, 6.45) is 5.15. The number of nitrogen functional groups attached to an aromatic ring is 1. The lowest BCUT2D eigenvalue weighted by molar-refractivity contribution is 0.312. The molecule has 1 unspecified atom stereocenters. The Morgan fingerprint density at radius 2 is 1.95 bits per heavy atom. The van der Waals surface area contributed by atoms with Crippen LogP contribution in [-0.2, 0) is 0 Å². The third kappa shape index (κ3) is 3.66. The molecule has 1 fully saturated rings. The van der Waals surface area contributed by atoms with Crippen molar-refractivity contribution in [1.29, 1.82) is 0 Å². The molecule has 2 rings (SSSR count). The molecule has 0 spiro atoms. The van der Waals surface area contributed by atoms with Gasteiger partial charge in [0.25, 0.3) is 0 Å². The van der Waals surface area contributed by atoms with E-state index in [0.29, 0.717) is 30.5 Å². The highest BCUT2D eigenvalue weighted by molar-refractivity contribution is 5.35. The molecule has 0 bridgehead atoms. The zero-order valence-electron chi connectivity index (χ0n) is 11.5. The molecule has 1 aliphatic rings. The molecule has 1 aliphatic carbocycles. The van der Waals surface area contributed by atoms with Gasteiger partial charge in [0, 0.05) is 6.04 Å². The maximum Gasteiger partial charge on any atom is 0.323 e. The molecule has 0 radical (unpaired) electrons. The standard InChI is InChI=1S/C12H22N6O/c1-3-19-12-16-10(15-11(17-12)18-13)14-8(2)9-6-4-5-7-9/h8-9H,3-7,13H2,1-2H3,(H2,14,15,16,17,18). The number of aromatic nitrogens is 3. The van der Waals surface area contributed by atoms with Gasteiger partial charge in [0.15, 0.2) is 0 Å². The molecular formula is C12H22N6O. The van der Waals surface area contributed by atoms with Crippen LogP contribution in [-0.4, -0.2) is 27.6 Å². The molecule has 1 atom stereocenters. The van der Waals surface area contributed by atoms with Gasteiger partial charge in [-0.3, -0.25) is 5.43 Å². The Kier molecular flexibility index (Phi) is 4.73. The Morgan fingerprint density at radius 3 is 2.58 bits per heavy atom. The van der Waals surface area contributed by atoms with Crippen LogP contribution in [0.3, 0.4) is 0 Å². The highest BCUT2D eigenvalue weighted by Gasteiger charge is 2.22. The average molecular weight is 266 g/mol. The van der Waals surface area contributed by atoms with E-state index >= 15 is 0 Å². The Morgan fingerprint density at radius 1 is 1.26 bits per heavy atom. The van der Waals surface area contributed by atoms with E-state index in [4.69, 9.17) is 10.6 Å². The number of hydrazine groups is 1. The summed E-state index contributed by atoms with van der Waals surface area (Å²) in [4.78, 5) is 12.5. The Bertz CT molecular complexity index is 407. The predicted octanol–water partition coefficient (Wildman–Crippen LogP) is 1.55. The van der Waals surface area contributed by atoms with E-state index < -0.39 is 0 Å². The van der Waals surface area contributed by atoms with E-state index in [1.54, 1.807) is 0 Å². The van der Waals surface area contributed by atoms with Gasteiger partial charge in [0.2, 0.25) is 11.9 Å². The van der Waals surface area contributed by atoms with Gasteiger partial charge in [0.05, 0.1) is 6.61 Å². The third-order valence-corrected chi connectivity index (χ3v) is 3.48. The van der Waals surface area contributed by atoms with Crippen LogP contribution < -0.4 is 21.3 Å². The van der Waals surface area contributed by atoms with Gasteiger partial charge in [0.1, 0.15) is 0 Å². The molecular weight excluding hydrogens is 244 g/mol. The normalized spacial score (nSPS) is 17.2. The molecule has 0 saturated heterocycles. The first kappa shape index (κ1) is 13.8. The number of hydrogen-bond donors (Lipinski definition) is 3. The lowest BCUT2D eigenvalue weighted by Crippen LogP contribution is -2.25. The highest BCUT2D eigenvalue weighted by Crippen LogP contribution is 2.28. The number of nitrogens with two attached hydrogens (primary N) is 1. The second-order valence-corrected chi connectivity index (χ2v) is 4.82. The Labute approximate surface area is 113 Å². The summed E-state index contributed by atoms with van der Waals surface area (Å²) in [6, 6.07) is 0.622. The largest absolute Gasteiger partial charge is 0.464 e. The first-order chi connectivity index (χ1) is 9.22. The first-order valence-corrected chi connectivity index (χ1v) is 6.85. The van der Waals surface area contributed by atoms with E-state index in [1.165, 1.54) is 25.7 Å². The molecule has 106 valence electrons. The minimum Gasteiger partial charge on any atom is -0.464 e. The fraction of sp³-hybridized carbons (Fsp3) is 0.750. The molecule has 7 heteroatoms. The minimum atomic E-state index is 0.284. The van der Waals surface area contributed by atoms with E-state index in [-0.39, 0.29) is 6.01 Å². The van der Waals surface area contributed by atoms with Crippen molar-refractivity contribution in [2.45, 2.75) is 45.6 Å².